The summed E-state index contributed by atoms with van der Waals surface area (Å²) in [6, 6.07) is 0. The van der Waals surface area contributed by atoms with Crippen molar-refractivity contribution in [3.8, 4) is 0 Å². The second-order valence-corrected chi connectivity index (χ2v) is 13.9. The number of carbonyl (C=O) groups excluding carboxylic acids is 2. The Morgan fingerprint density at radius 1 is 0.538 bits per heavy atom. The van der Waals surface area contributed by atoms with E-state index in [4.69, 9.17) is 9.84 Å². The van der Waals surface area contributed by atoms with E-state index in [1.165, 1.54) is 64.2 Å². The molecule has 0 saturated heterocycles. The minimum absolute atomic E-state index is 0.0817. The highest BCUT2D eigenvalue weighted by Gasteiger charge is 2.11. The zero-order chi connectivity index (χ0) is 38.0. The van der Waals surface area contributed by atoms with Crippen LogP contribution >= 0.6 is 0 Å². The van der Waals surface area contributed by atoms with Crippen molar-refractivity contribution in [1.29, 1.82) is 0 Å². The van der Waals surface area contributed by atoms with Gasteiger partial charge in [-0.1, -0.05) is 158 Å². The largest absolute Gasteiger partial charge is 0.480 e. The van der Waals surface area contributed by atoms with Gasteiger partial charge in [0, 0.05) is 12.8 Å². The number of carboxylic acid groups (broad SMARTS) is 1. The quantitative estimate of drug-likeness (QED) is 0.0378. The number of unbranched alkanes of at least 4 members (excludes halogenated alkanes) is 16. The molecule has 1 amide bonds. The van der Waals surface area contributed by atoms with Crippen molar-refractivity contribution in [2.45, 2.75) is 193 Å². The van der Waals surface area contributed by atoms with Crippen molar-refractivity contribution < 1.29 is 24.2 Å². The second kappa shape index (κ2) is 40.6. The van der Waals surface area contributed by atoms with E-state index in [1.807, 2.05) is 0 Å². The molecular weight excluding hydrogens is 647 g/mol. The lowest BCUT2D eigenvalue weighted by molar-refractivity contribution is -0.147. The number of hydrogen-bond acceptors (Lipinski definition) is 4. The molecule has 52 heavy (non-hydrogen) atoms. The third-order valence-electron chi connectivity index (χ3n) is 8.85. The van der Waals surface area contributed by atoms with Crippen molar-refractivity contribution in [2.75, 3.05) is 6.54 Å². The summed E-state index contributed by atoms with van der Waals surface area (Å²) in [5, 5.41) is 11.0. The van der Waals surface area contributed by atoms with Crippen LogP contribution in [-0.2, 0) is 19.1 Å². The number of rotatable bonds is 37. The third-order valence-corrected chi connectivity index (χ3v) is 8.85. The molecule has 0 aliphatic carbocycles. The van der Waals surface area contributed by atoms with Crippen LogP contribution < -0.4 is 5.32 Å². The van der Waals surface area contributed by atoms with Crippen LogP contribution in [0.15, 0.2) is 72.9 Å². The summed E-state index contributed by atoms with van der Waals surface area (Å²) < 4.78 is 5.92. The Labute approximate surface area is 319 Å². The van der Waals surface area contributed by atoms with Gasteiger partial charge in [0.25, 0.3) is 0 Å². The Balaban J connectivity index is 4.10. The highest BCUT2D eigenvalue weighted by molar-refractivity contribution is 5.80. The van der Waals surface area contributed by atoms with Gasteiger partial charge in [-0.3, -0.25) is 14.4 Å². The highest BCUT2D eigenvalue weighted by atomic mass is 16.5. The summed E-state index contributed by atoms with van der Waals surface area (Å²) in [5.74, 6) is -1.30. The van der Waals surface area contributed by atoms with E-state index in [0.29, 0.717) is 12.8 Å². The molecule has 0 saturated carbocycles. The summed E-state index contributed by atoms with van der Waals surface area (Å²) in [4.78, 5) is 34.9. The number of aliphatic carboxylic acids is 1. The first-order chi connectivity index (χ1) is 25.5. The van der Waals surface area contributed by atoms with Crippen LogP contribution in [-0.4, -0.2) is 35.6 Å². The van der Waals surface area contributed by atoms with Crippen molar-refractivity contribution >= 4 is 17.8 Å². The molecule has 0 heterocycles. The summed E-state index contributed by atoms with van der Waals surface area (Å²) in [5.41, 5.74) is 0. The Morgan fingerprint density at radius 3 is 1.56 bits per heavy atom. The van der Waals surface area contributed by atoms with Gasteiger partial charge < -0.3 is 15.2 Å². The summed E-state index contributed by atoms with van der Waals surface area (Å²) >= 11 is 0. The van der Waals surface area contributed by atoms with E-state index in [1.54, 1.807) is 0 Å². The van der Waals surface area contributed by atoms with E-state index in [9.17, 15) is 14.4 Å². The maximum absolute atomic E-state index is 12.7. The van der Waals surface area contributed by atoms with Crippen LogP contribution in [0.3, 0.4) is 0 Å². The van der Waals surface area contributed by atoms with Crippen LogP contribution in [0.4, 0.5) is 0 Å². The van der Waals surface area contributed by atoms with Gasteiger partial charge in [-0.05, 0) is 89.5 Å². The van der Waals surface area contributed by atoms with E-state index in [0.717, 1.165) is 96.3 Å². The van der Waals surface area contributed by atoms with Crippen molar-refractivity contribution in [3.05, 3.63) is 72.9 Å². The van der Waals surface area contributed by atoms with Crippen LogP contribution in [0.1, 0.15) is 187 Å². The van der Waals surface area contributed by atoms with Gasteiger partial charge in [-0.25, -0.2) is 0 Å². The molecule has 6 heteroatoms. The number of nitrogens with one attached hydrogen (secondary N) is 1. The first kappa shape index (κ1) is 48.9. The van der Waals surface area contributed by atoms with Crippen molar-refractivity contribution in [3.63, 3.8) is 0 Å². The fourth-order valence-corrected chi connectivity index (χ4v) is 5.75. The van der Waals surface area contributed by atoms with Gasteiger partial charge in [0.15, 0.2) is 0 Å². The fourth-order valence-electron chi connectivity index (χ4n) is 5.75. The normalized spacial score (nSPS) is 12.8. The number of carboxylic acids is 1. The minimum Gasteiger partial charge on any atom is -0.480 e. The molecule has 1 unspecified atom stereocenters. The predicted molar refractivity (Wildman–Crippen MR) is 221 cm³/mol. The molecule has 0 spiro atoms. The molecule has 0 aliphatic heterocycles. The maximum atomic E-state index is 12.7. The molecule has 0 rings (SSSR count). The fraction of sp³-hybridized carbons (Fsp3) is 0.674. The molecule has 0 aromatic carbocycles. The predicted octanol–water partition coefficient (Wildman–Crippen LogP) is 13.0. The number of ether oxygens (including phenoxy) is 1. The Bertz CT molecular complexity index is 1020. The number of allylic oxidation sites excluding steroid dienone is 11. The van der Waals surface area contributed by atoms with Gasteiger partial charge in [-0.2, -0.15) is 0 Å². The van der Waals surface area contributed by atoms with Gasteiger partial charge in [-0.15, -0.1) is 0 Å². The summed E-state index contributed by atoms with van der Waals surface area (Å²) in [7, 11) is 0. The van der Waals surface area contributed by atoms with Crippen molar-refractivity contribution in [1.82, 2.24) is 5.32 Å². The number of esters is 1. The lowest BCUT2D eigenvalue weighted by Crippen LogP contribution is -2.28. The van der Waals surface area contributed by atoms with Gasteiger partial charge >= 0.3 is 11.9 Å². The molecule has 0 bridgehead atoms. The third kappa shape index (κ3) is 39.6. The monoisotopic (exact) mass is 724 g/mol. The molecule has 2 N–H and O–H groups in total. The van der Waals surface area contributed by atoms with E-state index >= 15 is 0 Å². The number of hydrogen-bond donors (Lipinski definition) is 2. The molecule has 0 aromatic rings. The average Bonchev–Trinajstić information content (AvgIpc) is 3.13. The van der Waals surface area contributed by atoms with Crippen LogP contribution in [0.25, 0.3) is 0 Å². The number of amides is 1. The lowest BCUT2D eigenvalue weighted by Gasteiger charge is -2.14. The molecule has 0 fully saturated rings. The standard InChI is InChI=1S/C46H77NO5/c1-3-5-7-9-11-13-14-15-16-17-18-19-20-21-22-23-24-25-27-33-37-41-46(51)52-43(38-34-30-26-12-10-8-6-4-2)39-35-31-28-29-32-36-40-44(48)47-42-45(49)50/h5,7,11-13,15-16,18-19,26,34,38,43H,3-4,6,8-10,14,17,20-25,27-33,35-37,39-42H2,1-2H3,(H,47,48)(H,49,50)/b7-5-,13-11-,16-15-,19-18-,26-12-,38-34-. The first-order valence-electron chi connectivity index (χ1n) is 21.1. The Morgan fingerprint density at radius 2 is 1.00 bits per heavy atom. The topological polar surface area (TPSA) is 92.7 Å². The lowest BCUT2D eigenvalue weighted by atomic mass is 10.0. The summed E-state index contributed by atoms with van der Waals surface area (Å²) in [6.45, 7) is 4.07. The molecule has 0 aromatic heterocycles. The zero-order valence-corrected chi connectivity index (χ0v) is 33.4. The van der Waals surface area contributed by atoms with E-state index < -0.39 is 5.97 Å². The van der Waals surface area contributed by atoms with Gasteiger partial charge in [0.05, 0.1) is 0 Å². The number of carbonyl (C=O) groups is 3. The zero-order valence-electron chi connectivity index (χ0n) is 33.4. The van der Waals surface area contributed by atoms with Crippen LogP contribution in [0.5, 0.6) is 0 Å². The van der Waals surface area contributed by atoms with E-state index in [-0.39, 0.29) is 24.5 Å². The summed E-state index contributed by atoms with van der Waals surface area (Å²) in [6.07, 6.45) is 54.7. The molecule has 296 valence electrons. The van der Waals surface area contributed by atoms with Crippen LogP contribution in [0, 0.1) is 0 Å². The van der Waals surface area contributed by atoms with Crippen LogP contribution in [0.2, 0.25) is 0 Å². The van der Waals surface area contributed by atoms with Gasteiger partial charge in [0.2, 0.25) is 5.91 Å². The Kier molecular flexibility index (Phi) is 38.2. The molecule has 6 nitrogen and oxygen atoms in total. The molecule has 0 aliphatic rings. The SMILES string of the molecule is CC/C=C\C/C=C\C/C=C\C/C=C\CCCCCCCCCCC(=O)OC(/C=C\C/C=C\CCCCC)CCCCCCCCC(=O)NCC(=O)O. The average molecular weight is 724 g/mol. The molecule has 1 atom stereocenters. The van der Waals surface area contributed by atoms with Crippen molar-refractivity contribution in [2.24, 2.45) is 0 Å². The maximum Gasteiger partial charge on any atom is 0.322 e. The van der Waals surface area contributed by atoms with E-state index in [2.05, 4.69) is 92.1 Å². The molecule has 0 radical (unpaired) electrons. The molecular formula is C46H77NO5. The second-order valence-electron chi connectivity index (χ2n) is 13.9. The highest BCUT2D eigenvalue weighted by Crippen LogP contribution is 2.15. The minimum atomic E-state index is -1.02. The Hall–Kier alpha value is -3.15. The first-order valence-corrected chi connectivity index (χ1v) is 21.1. The smallest absolute Gasteiger partial charge is 0.322 e. The van der Waals surface area contributed by atoms with Gasteiger partial charge in [0.1, 0.15) is 12.6 Å².